The molecule has 0 spiro atoms. The molecule has 1 rings (SSSR count). The molecule has 0 aromatic heterocycles. The number of benzene rings is 1. The normalized spacial score (nSPS) is 13.2. The van der Waals surface area contributed by atoms with E-state index in [0.717, 1.165) is 5.56 Å². The number of ether oxygens (including phenoxy) is 1. The Balaban J connectivity index is 2.65. The largest absolute Gasteiger partial charge is 0.481 e. The minimum absolute atomic E-state index is 0.0303. The molecule has 1 aromatic rings. The van der Waals surface area contributed by atoms with Gasteiger partial charge in [0.2, 0.25) is 10.0 Å². The summed E-state index contributed by atoms with van der Waals surface area (Å²) in [5, 5.41) is 8.83. The maximum absolute atomic E-state index is 12.1. The Labute approximate surface area is 137 Å². The van der Waals surface area contributed by atoms with Gasteiger partial charge in [0.25, 0.3) is 0 Å². The van der Waals surface area contributed by atoms with Gasteiger partial charge in [0.05, 0.1) is 18.5 Å². The van der Waals surface area contributed by atoms with Gasteiger partial charge in [0.1, 0.15) is 0 Å². The van der Waals surface area contributed by atoms with Crippen LogP contribution in [0, 0.1) is 0 Å². The average molecular weight is 343 g/mol. The molecule has 0 amide bonds. The van der Waals surface area contributed by atoms with Crippen molar-refractivity contribution in [1.29, 1.82) is 0 Å². The molecule has 1 unspecified atom stereocenters. The topological polar surface area (TPSA) is 92.7 Å². The Morgan fingerprint density at radius 3 is 2.48 bits per heavy atom. The summed E-state index contributed by atoms with van der Waals surface area (Å²) < 4.78 is 32.1. The number of carboxylic acids is 1. The fraction of sp³-hybridized carbons (Fsp3) is 0.562. The maximum atomic E-state index is 12.1. The smallest absolute Gasteiger partial charge is 0.303 e. The summed E-state index contributed by atoms with van der Waals surface area (Å²) in [6.07, 6.45) is 0.590. The van der Waals surface area contributed by atoms with E-state index in [2.05, 4.69) is 4.72 Å². The Bertz CT molecular complexity index is 571. The van der Waals surface area contributed by atoms with Crippen LogP contribution >= 0.6 is 0 Å². The first kappa shape index (κ1) is 19.6. The predicted octanol–water partition coefficient (Wildman–Crippen LogP) is 1.81. The molecule has 0 aliphatic carbocycles. The van der Waals surface area contributed by atoms with Crippen molar-refractivity contribution in [1.82, 2.24) is 4.72 Å². The van der Waals surface area contributed by atoms with Gasteiger partial charge in [-0.15, -0.1) is 0 Å². The lowest BCUT2D eigenvalue weighted by Crippen LogP contribution is -2.39. The second kappa shape index (κ2) is 9.64. The lowest BCUT2D eigenvalue weighted by Gasteiger charge is -2.18. The van der Waals surface area contributed by atoms with Gasteiger partial charge in [-0.2, -0.15) is 0 Å². The van der Waals surface area contributed by atoms with Gasteiger partial charge in [-0.3, -0.25) is 4.79 Å². The molecule has 0 aliphatic heterocycles. The van der Waals surface area contributed by atoms with Gasteiger partial charge in [-0.05, 0) is 32.3 Å². The van der Waals surface area contributed by atoms with Crippen molar-refractivity contribution in [2.75, 3.05) is 12.4 Å². The maximum Gasteiger partial charge on any atom is 0.303 e. The summed E-state index contributed by atoms with van der Waals surface area (Å²) in [6.45, 7) is 3.79. The molecular formula is C16H25NO5S. The summed E-state index contributed by atoms with van der Waals surface area (Å²) in [6, 6.07) is 8.96. The van der Waals surface area contributed by atoms with E-state index in [1.165, 1.54) is 0 Å². The molecule has 6 nitrogen and oxygen atoms in total. The number of sulfonamides is 1. The fourth-order valence-electron chi connectivity index (χ4n) is 2.11. The molecule has 1 aromatic carbocycles. The van der Waals surface area contributed by atoms with Crippen LogP contribution in [0.5, 0.6) is 0 Å². The van der Waals surface area contributed by atoms with E-state index >= 15 is 0 Å². The molecule has 0 saturated heterocycles. The second-order valence-electron chi connectivity index (χ2n) is 5.68. The third kappa shape index (κ3) is 9.32. The van der Waals surface area contributed by atoms with E-state index in [9.17, 15) is 13.2 Å². The molecule has 2 N–H and O–H groups in total. The van der Waals surface area contributed by atoms with E-state index in [0.29, 0.717) is 6.42 Å². The molecule has 0 heterocycles. The van der Waals surface area contributed by atoms with Gasteiger partial charge in [-0.1, -0.05) is 30.3 Å². The Hall–Kier alpha value is -1.44. The van der Waals surface area contributed by atoms with Crippen molar-refractivity contribution >= 4 is 16.0 Å². The number of carboxylic acid groups (broad SMARTS) is 1. The van der Waals surface area contributed by atoms with Crippen LogP contribution in [0.4, 0.5) is 0 Å². The van der Waals surface area contributed by atoms with Crippen LogP contribution in [0.2, 0.25) is 0 Å². The van der Waals surface area contributed by atoms with Crippen molar-refractivity contribution in [3.63, 3.8) is 0 Å². The van der Waals surface area contributed by atoms with E-state index in [-0.39, 0.29) is 31.3 Å². The molecule has 0 aliphatic rings. The summed E-state index contributed by atoms with van der Waals surface area (Å²) in [4.78, 5) is 10.8. The third-order valence-corrected chi connectivity index (χ3v) is 4.58. The molecule has 0 bridgehead atoms. The van der Waals surface area contributed by atoms with Crippen LogP contribution in [-0.2, 0) is 26.0 Å². The van der Waals surface area contributed by atoms with Crippen molar-refractivity contribution < 1.29 is 23.1 Å². The molecule has 0 saturated carbocycles. The Morgan fingerprint density at radius 2 is 1.91 bits per heavy atom. The summed E-state index contributed by atoms with van der Waals surface area (Å²) in [5.41, 5.74) is 0.962. The number of aliphatic carboxylic acids is 1. The van der Waals surface area contributed by atoms with Gasteiger partial charge in [0.15, 0.2) is 0 Å². The average Bonchev–Trinajstić information content (AvgIpc) is 2.45. The minimum Gasteiger partial charge on any atom is -0.481 e. The Kier molecular flexibility index (Phi) is 8.22. The highest BCUT2D eigenvalue weighted by Crippen LogP contribution is 2.09. The zero-order chi connectivity index (χ0) is 17.3. The highest BCUT2D eigenvalue weighted by Gasteiger charge is 2.19. The first-order valence-electron chi connectivity index (χ1n) is 7.66. The zero-order valence-corrected chi connectivity index (χ0v) is 14.4. The molecule has 7 heteroatoms. The van der Waals surface area contributed by atoms with Crippen LogP contribution in [0.15, 0.2) is 30.3 Å². The Morgan fingerprint density at radius 1 is 1.26 bits per heavy atom. The summed E-state index contributed by atoms with van der Waals surface area (Å²) in [7, 11) is -3.51. The van der Waals surface area contributed by atoms with Crippen LogP contribution < -0.4 is 4.72 Å². The lowest BCUT2D eigenvalue weighted by atomic mass is 10.0. The third-order valence-electron chi connectivity index (χ3n) is 3.18. The number of rotatable bonds is 11. The van der Waals surface area contributed by atoms with Crippen molar-refractivity contribution in [3.05, 3.63) is 35.9 Å². The van der Waals surface area contributed by atoms with E-state index in [1.54, 1.807) is 0 Å². The van der Waals surface area contributed by atoms with Gasteiger partial charge in [-0.25, -0.2) is 13.1 Å². The molecule has 0 radical (unpaired) electrons. The molecule has 130 valence electrons. The van der Waals surface area contributed by atoms with Crippen LogP contribution in [0.1, 0.15) is 32.3 Å². The molecule has 23 heavy (non-hydrogen) atoms. The first-order valence-corrected chi connectivity index (χ1v) is 9.31. The van der Waals surface area contributed by atoms with Crippen LogP contribution in [0.3, 0.4) is 0 Å². The monoisotopic (exact) mass is 343 g/mol. The first-order chi connectivity index (χ1) is 10.8. The minimum atomic E-state index is -3.51. The second-order valence-corrected chi connectivity index (χ2v) is 7.55. The van der Waals surface area contributed by atoms with Crippen LogP contribution in [-0.4, -0.2) is 44.0 Å². The van der Waals surface area contributed by atoms with E-state index < -0.39 is 22.0 Å². The zero-order valence-electron chi connectivity index (χ0n) is 13.6. The van der Waals surface area contributed by atoms with Crippen LogP contribution in [0.25, 0.3) is 0 Å². The van der Waals surface area contributed by atoms with Gasteiger partial charge in [0, 0.05) is 12.5 Å². The van der Waals surface area contributed by atoms with Crippen molar-refractivity contribution in [2.24, 2.45) is 0 Å². The van der Waals surface area contributed by atoms with Crippen molar-refractivity contribution in [2.45, 2.75) is 45.3 Å². The number of carbonyl (C=O) groups is 1. The number of hydrogen-bond acceptors (Lipinski definition) is 4. The highest BCUT2D eigenvalue weighted by molar-refractivity contribution is 7.89. The standard InChI is InChI=1S/C16H25NO5S/c1-13(2)22-10-11-23(20,21)17-15(8-9-16(18)19)12-14-6-4-3-5-7-14/h3-7,13,15,17H,8-12H2,1-2H3,(H,18,19). The SMILES string of the molecule is CC(C)OCCS(=O)(=O)NC(CCC(=O)O)Cc1ccccc1. The summed E-state index contributed by atoms with van der Waals surface area (Å²) in [5.74, 6) is -1.07. The lowest BCUT2D eigenvalue weighted by molar-refractivity contribution is -0.137. The number of hydrogen-bond donors (Lipinski definition) is 2. The number of nitrogens with one attached hydrogen (secondary N) is 1. The summed E-state index contributed by atoms with van der Waals surface area (Å²) >= 11 is 0. The molecular weight excluding hydrogens is 318 g/mol. The highest BCUT2D eigenvalue weighted by atomic mass is 32.2. The van der Waals surface area contributed by atoms with E-state index in [4.69, 9.17) is 9.84 Å². The predicted molar refractivity (Wildman–Crippen MR) is 88.8 cm³/mol. The molecule has 1 atom stereocenters. The fourth-order valence-corrected chi connectivity index (χ4v) is 3.25. The van der Waals surface area contributed by atoms with Gasteiger partial charge >= 0.3 is 5.97 Å². The van der Waals surface area contributed by atoms with Crippen molar-refractivity contribution in [3.8, 4) is 0 Å². The molecule has 0 fully saturated rings. The van der Waals surface area contributed by atoms with Gasteiger partial charge < -0.3 is 9.84 Å². The quantitative estimate of drug-likeness (QED) is 0.639. The van der Waals surface area contributed by atoms with E-state index in [1.807, 2.05) is 44.2 Å².